The number of carbonyl (C=O) groups excluding carboxylic acids is 1. The number of aliphatic carboxylic acids is 1. The van der Waals surface area contributed by atoms with Crippen LogP contribution < -0.4 is 10.6 Å². The number of ether oxygens (including phenoxy) is 1. The highest BCUT2D eigenvalue weighted by Gasteiger charge is 2.47. The van der Waals surface area contributed by atoms with Crippen LogP contribution >= 0.6 is 0 Å². The van der Waals surface area contributed by atoms with Crippen molar-refractivity contribution < 1.29 is 19.4 Å². The lowest BCUT2D eigenvalue weighted by molar-refractivity contribution is -0.139. The molecule has 0 aromatic rings. The fourth-order valence-corrected chi connectivity index (χ4v) is 3.53. The maximum atomic E-state index is 11.7. The van der Waals surface area contributed by atoms with Crippen molar-refractivity contribution in [2.24, 2.45) is 5.92 Å². The van der Waals surface area contributed by atoms with Crippen molar-refractivity contribution in [1.29, 1.82) is 0 Å². The smallest absolute Gasteiger partial charge is 0.320 e. The molecule has 1 aliphatic heterocycles. The van der Waals surface area contributed by atoms with E-state index in [4.69, 9.17) is 4.74 Å². The van der Waals surface area contributed by atoms with Crippen molar-refractivity contribution in [3.8, 4) is 0 Å². The topological polar surface area (TPSA) is 87.7 Å². The summed E-state index contributed by atoms with van der Waals surface area (Å²) in [7, 11) is 1.64. The van der Waals surface area contributed by atoms with Gasteiger partial charge in [-0.25, -0.2) is 0 Å². The minimum atomic E-state index is -0.863. The highest BCUT2D eigenvalue weighted by Crippen LogP contribution is 2.32. The first-order valence-corrected chi connectivity index (χ1v) is 8.23. The van der Waals surface area contributed by atoms with Gasteiger partial charge in [0.15, 0.2) is 0 Å². The van der Waals surface area contributed by atoms with Crippen LogP contribution in [0.25, 0.3) is 0 Å². The first-order chi connectivity index (χ1) is 10.8. The van der Waals surface area contributed by atoms with Gasteiger partial charge in [0, 0.05) is 20.1 Å². The Morgan fingerprint density at radius 3 is 2.61 bits per heavy atom. The van der Waals surface area contributed by atoms with Crippen LogP contribution in [0, 0.1) is 5.92 Å². The summed E-state index contributed by atoms with van der Waals surface area (Å²) < 4.78 is 5.75. The van der Waals surface area contributed by atoms with Crippen molar-refractivity contribution in [1.82, 2.24) is 10.6 Å². The number of allylic oxidation sites excluding steroid dienone is 1. The SMILES string of the molecule is C/C=C\[C@@H]1C[C@H](C(=O)O)N[C@H]1[C@@H](NC(C)=O)C(C)(CCC)OC. The molecule has 23 heavy (non-hydrogen) atoms. The van der Waals surface area contributed by atoms with Crippen LogP contribution in [-0.2, 0) is 14.3 Å². The molecule has 0 aliphatic carbocycles. The van der Waals surface area contributed by atoms with Gasteiger partial charge in [-0.15, -0.1) is 0 Å². The number of carboxylic acids is 1. The molecule has 5 atom stereocenters. The van der Waals surface area contributed by atoms with E-state index in [1.807, 2.05) is 26.0 Å². The van der Waals surface area contributed by atoms with Crippen LogP contribution in [0.2, 0.25) is 0 Å². The van der Waals surface area contributed by atoms with E-state index in [1.165, 1.54) is 6.92 Å². The highest BCUT2D eigenvalue weighted by molar-refractivity contribution is 5.75. The van der Waals surface area contributed by atoms with E-state index in [1.54, 1.807) is 7.11 Å². The molecule has 6 heteroatoms. The number of rotatable bonds is 8. The molecule has 0 spiro atoms. The molecule has 1 amide bonds. The number of carboxylic acid groups (broad SMARTS) is 1. The number of hydrogen-bond donors (Lipinski definition) is 3. The number of amides is 1. The van der Waals surface area contributed by atoms with Gasteiger partial charge >= 0.3 is 5.97 Å². The van der Waals surface area contributed by atoms with Crippen molar-refractivity contribution >= 4 is 11.9 Å². The summed E-state index contributed by atoms with van der Waals surface area (Å²) in [4.78, 5) is 23.1. The maximum absolute atomic E-state index is 11.7. The van der Waals surface area contributed by atoms with E-state index in [0.29, 0.717) is 6.42 Å². The number of carbonyl (C=O) groups is 2. The predicted octanol–water partition coefficient (Wildman–Crippen LogP) is 1.70. The second kappa shape index (κ2) is 8.45. The van der Waals surface area contributed by atoms with Gasteiger partial charge in [-0.1, -0.05) is 25.5 Å². The van der Waals surface area contributed by atoms with Gasteiger partial charge < -0.3 is 15.2 Å². The van der Waals surface area contributed by atoms with Crippen LogP contribution in [0.1, 0.15) is 47.0 Å². The summed E-state index contributed by atoms with van der Waals surface area (Å²) in [5.74, 6) is -0.975. The predicted molar refractivity (Wildman–Crippen MR) is 89.2 cm³/mol. The average molecular weight is 326 g/mol. The number of methoxy groups -OCH3 is 1. The van der Waals surface area contributed by atoms with Gasteiger partial charge in [0.05, 0.1) is 11.6 Å². The molecular formula is C17H30N2O4. The van der Waals surface area contributed by atoms with Gasteiger partial charge in [0.25, 0.3) is 0 Å². The quantitative estimate of drug-likeness (QED) is 0.591. The lowest BCUT2D eigenvalue weighted by atomic mass is 9.81. The lowest BCUT2D eigenvalue weighted by Crippen LogP contribution is -2.62. The molecule has 1 rings (SSSR count). The zero-order chi connectivity index (χ0) is 17.6. The Labute approximate surface area is 138 Å². The van der Waals surface area contributed by atoms with Gasteiger partial charge in [-0.3, -0.25) is 14.9 Å². The molecule has 1 heterocycles. The van der Waals surface area contributed by atoms with Crippen LogP contribution in [0.5, 0.6) is 0 Å². The van der Waals surface area contributed by atoms with Crippen molar-refractivity contribution in [3.63, 3.8) is 0 Å². The van der Waals surface area contributed by atoms with Crippen LogP contribution in [-0.4, -0.2) is 47.8 Å². The van der Waals surface area contributed by atoms with E-state index in [0.717, 1.165) is 12.8 Å². The largest absolute Gasteiger partial charge is 0.480 e. The Morgan fingerprint density at radius 1 is 1.52 bits per heavy atom. The third-order valence-electron chi connectivity index (χ3n) is 4.69. The Hall–Kier alpha value is -1.40. The monoisotopic (exact) mass is 326 g/mol. The number of nitrogens with one attached hydrogen (secondary N) is 2. The van der Waals surface area contributed by atoms with Gasteiger partial charge in [0.1, 0.15) is 6.04 Å². The molecule has 1 saturated heterocycles. The van der Waals surface area contributed by atoms with Crippen molar-refractivity contribution in [2.75, 3.05) is 7.11 Å². The fraction of sp³-hybridized carbons (Fsp3) is 0.765. The Morgan fingerprint density at radius 2 is 2.17 bits per heavy atom. The molecule has 6 nitrogen and oxygen atoms in total. The maximum Gasteiger partial charge on any atom is 0.320 e. The standard InChI is InChI=1S/C17H30N2O4/c1-6-8-12-10-13(16(21)22)19-14(12)15(18-11(3)20)17(4,23-5)9-7-2/h6,8,12-15,19H,7,9-10H2,1-5H3,(H,18,20)(H,21,22)/b8-6-/t12-,13-,14-,15-,17?/m1/s1. The number of hydrogen-bond acceptors (Lipinski definition) is 4. The summed E-state index contributed by atoms with van der Waals surface area (Å²) in [5, 5.41) is 15.5. The molecule has 0 saturated carbocycles. The Bertz CT molecular complexity index is 452. The van der Waals surface area contributed by atoms with Crippen LogP contribution in [0.3, 0.4) is 0 Å². The molecule has 132 valence electrons. The summed E-state index contributed by atoms with van der Waals surface area (Å²) >= 11 is 0. The molecule has 0 aromatic carbocycles. The molecule has 0 radical (unpaired) electrons. The van der Waals surface area contributed by atoms with Crippen LogP contribution in [0.4, 0.5) is 0 Å². The van der Waals surface area contributed by atoms with Crippen molar-refractivity contribution in [2.45, 2.75) is 70.7 Å². The molecule has 3 N–H and O–H groups in total. The highest BCUT2D eigenvalue weighted by atomic mass is 16.5. The molecule has 0 bridgehead atoms. The minimum absolute atomic E-state index is 0.0317. The van der Waals surface area contributed by atoms with Crippen molar-refractivity contribution in [3.05, 3.63) is 12.2 Å². The second-order valence-corrected chi connectivity index (χ2v) is 6.45. The Balaban J connectivity index is 3.16. The second-order valence-electron chi connectivity index (χ2n) is 6.45. The molecule has 1 aliphatic rings. The van der Waals surface area contributed by atoms with E-state index < -0.39 is 17.6 Å². The first-order valence-electron chi connectivity index (χ1n) is 8.23. The normalized spacial score (nSPS) is 28.5. The van der Waals surface area contributed by atoms with E-state index >= 15 is 0 Å². The van der Waals surface area contributed by atoms with E-state index in [-0.39, 0.29) is 23.9 Å². The van der Waals surface area contributed by atoms with Crippen LogP contribution in [0.15, 0.2) is 12.2 Å². The minimum Gasteiger partial charge on any atom is -0.480 e. The first kappa shape index (κ1) is 19.6. The van der Waals surface area contributed by atoms with Gasteiger partial charge in [-0.2, -0.15) is 0 Å². The molecule has 1 fully saturated rings. The summed E-state index contributed by atoms with van der Waals surface area (Å²) in [6.07, 6.45) is 6.12. The zero-order valence-corrected chi connectivity index (χ0v) is 14.8. The van der Waals surface area contributed by atoms with Gasteiger partial charge in [-0.05, 0) is 32.6 Å². The molecule has 1 unspecified atom stereocenters. The third-order valence-corrected chi connectivity index (χ3v) is 4.69. The van der Waals surface area contributed by atoms with E-state index in [2.05, 4.69) is 17.6 Å². The average Bonchev–Trinajstić information content (AvgIpc) is 2.89. The molecular weight excluding hydrogens is 296 g/mol. The Kier molecular flexibility index (Phi) is 7.22. The third kappa shape index (κ3) is 4.78. The summed E-state index contributed by atoms with van der Waals surface area (Å²) in [6, 6.07) is -1.11. The van der Waals surface area contributed by atoms with Gasteiger partial charge in [0.2, 0.25) is 5.91 Å². The van der Waals surface area contributed by atoms with E-state index in [9.17, 15) is 14.7 Å². The lowest BCUT2D eigenvalue weighted by Gasteiger charge is -2.41. The summed E-state index contributed by atoms with van der Waals surface area (Å²) in [5.41, 5.74) is -0.564. The fourth-order valence-electron chi connectivity index (χ4n) is 3.53. The zero-order valence-electron chi connectivity index (χ0n) is 14.8. The summed E-state index contributed by atoms with van der Waals surface area (Å²) in [6.45, 7) is 7.43. The molecule has 0 aromatic heterocycles.